The van der Waals surface area contributed by atoms with Crippen LogP contribution >= 0.6 is 23.2 Å². The van der Waals surface area contributed by atoms with Crippen molar-refractivity contribution in [2.24, 2.45) is 0 Å². The van der Waals surface area contributed by atoms with E-state index in [2.05, 4.69) is 0 Å². The fraction of sp³-hybridized carbons (Fsp3) is 0.0909. The molecule has 0 atom stereocenters. The lowest BCUT2D eigenvalue weighted by Gasteiger charge is -1.97. The lowest BCUT2D eigenvalue weighted by molar-refractivity contribution is 0.481. The highest BCUT2D eigenvalue weighted by atomic mass is 35.5. The second kappa shape index (κ2) is 5.74. The number of halogens is 2. The maximum atomic E-state index is 9.37. The number of rotatable bonds is 0. The van der Waals surface area contributed by atoms with E-state index in [-0.39, 0.29) is 5.34 Å². The zero-order valence-electron chi connectivity index (χ0n) is 7.45. The van der Waals surface area contributed by atoms with Crippen molar-refractivity contribution in [3.05, 3.63) is 42.5 Å². The minimum atomic E-state index is 0.194. The van der Waals surface area contributed by atoms with E-state index in [9.17, 15) is 5.11 Å². The molecule has 0 aliphatic carbocycles. The van der Waals surface area contributed by atoms with E-state index in [4.69, 9.17) is 23.2 Å². The smallest absolute Gasteiger partial charge is 0.123 e. The van der Waals surface area contributed by atoms with Crippen LogP contribution in [0, 0.1) is 0 Å². The van der Waals surface area contributed by atoms with E-state index in [0.29, 0.717) is 5.75 Å². The van der Waals surface area contributed by atoms with Gasteiger partial charge in [0.15, 0.2) is 0 Å². The maximum absolute atomic E-state index is 9.37. The normalized spacial score (nSPS) is 9.29. The Labute approximate surface area is 92.9 Å². The van der Waals surface area contributed by atoms with Gasteiger partial charge in [0.25, 0.3) is 0 Å². The number of benzene rings is 2. The molecular formula is C11H10Cl2O. The van der Waals surface area contributed by atoms with Crippen molar-refractivity contribution < 1.29 is 5.11 Å². The van der Waals surface area contributed by atoms with Crippen LogP contribution in [0.4, 0.5) is 0 Å². The van der Waals surface area contributed by atoms with Gasteiger partial charge in [0, 0.05) is 5.39 Å². The summed E-state index contributed by atoms with van der Waals surface area (Å²) < 4.78 is 0. The molecular weight excluding hydrogens is 219 g/mol. The molecule has 0 amide bonds. The van der Waals surface area contributed by atoms with Gasteiger partial charge >= 0.3 is 0 Å². The first kappa shape index (κ1) is 11.2. The Hall–Kier alpha value is -0.920. The number of hydrogen-bond donors (Lipinski definition) is 1. The molecule has 0 heterocycles. The molecule has 0 fully saturated rings. The van der Waals surface area contributed by atoms with Crippen LogP contribution < -0.4 is 0 Å². The van der Waals surface area contributed by atoms with Gasteiger partial charge in [-0.1, -0.05) is 36.4 Å². The van der Waals surface area contributed by atoms with Crippen LogP contribution in [0.15, 0.2) is 42.5 Å². The second-order valence-electron chi connectivity index (χ2n) is 2.60. The molecule has 0 aliphatic rings. The lowest BCUT2D eigenvalue weighted by Crippen LogP contribution is -1.70. The molecule has 0 saturated heterocycles. The third-order valence-corrected chi connectivity index (χ3v) is 1.77. The molecule has 3 heteroatoms. The topological polar surface area (TPSA) is 20.2 Å². The average Bonchev–Trinajstić information content (AvgIpc) is 2.20. The van der Waals surface area contributed by atoms with E-state index in [1.54, 1.807) is 6.07 Å². The predicted octanol–water partition coefficient (Wildman–Crippen LogP) is 3.97. The molecule has 0 radical (unpaired) electrons. The third-order valence-electron chi connectivity index (χ3n) is 1.77. The van der Waals surface area contributed by atoms with Gasteiger partial charge in [-0.05, 0) is 11.5 Å². The molecule has 2 aromatic carbocycles. The Morgan fingerprint density at radius 2 is 1.50 bits per heavy atom. The molecule has 0 spiro atoms. The summed E-state index contributed by atoms with van der Waals surface area (Å²) in [6.07, 6.45) is 0. The quantitative estimate of drug-likeness (QED) is 0.677. The fourth-order valence-electron chi connectivity index (χ4n) is 1.21. The molecule has 0 aromatic heterocycles. The van der Waals surface area contributed by atoms with Crippen LogP contribution in [-0.2, 0) is 0 Å². The maximum Gasteiger partial charge on any atom is 0.123 e. The van der Waals surface area contributed by atoms with Gasteiger partial charge in [-0.15, -0.1) is 23.2 Å². The standard InChI is InChI=1S/C10H8O.CH2Cl2/c11-10-7-3-5-8-4-1-2-6-9(8)10;2-1-3/h1-7,11H;1H2. The van der Waals surface area contributed by atoms with Crippen LogP contribution in [0.1, 0.15) is 0 Å². The Morgan fingerprint density at radius 1 is 0.929 bits per heavy atom. The van der Waals surface area contributed by atoms with Crippen molar-refractivity contribution in [2.45, 2.75) is 0 Å². The van der Waals surface area contributed by atoms with Gasteiger partial charge in [-0.3, -0.25) is 0 Å². The number of fused-ring (bicyclic) bond motifs is 1. The Bertz CT molecular complexity index is 396. The molecule has 14 heavy (non-hydrogen) atoms. The summed E-state index contributed by atoms with van der Waals surface area (Å²) in [5.74, 6) is 0.350. The molecule has 2 aromatic rings. The molecule has 2 rings (SSSR count). The van der Waals surface area contributed by atoms with E-state index in [1.165, 1.54) is 0 Å². The van der Waals surface area contributed by atoms with E-state index in [0.717, 1.165) is 10.8 Å². The highest BCUT2D eigenvalue weighted by Gasteiger charge is 1.94. The van der Waals surface area contributed by atoms with Gasteiger partial charge in [0.1, 0.15) is 5.75 Å². The molecule has 1 N–H and O–H groups in total. The Morgan fingerprint density at radius 3 is 2.14 bits per heavy atom. The molecule has 0 aliphatic heterocycles. The summed E-state index contributed by atoms with van der Waals surface area (Å²) in [4.78, 5) is 0. The monoisotopic (exact) mass is 228 g/mol. The summed E-state index contributed by atoms with van der Waals surface area (Å²) >= 11 is 9.53. The van der Waals surface area contributed by atoms with Crippen molar-refractivity contribution in [1.29, 1.82) is 0 Å². The van der Waals surface area contributed by atoms with Gasteiger partial charge < -0.3 is 5.11 Å². The number of phenols is 1. The fourth-order valence-corrected chi connectivity index (χ4v) is 1.21. The number of phenolic OH excluding ortho intramolecular Hbond substituents is 1. The van der Waals surface area contributed by atoms with Crippen LogP contribution in [0.25, 0.3) is 10.8 Å². The molecule has 0 unspecified atom stereocenters. The van der Waals surface area contributed by atoms with E-state index < -0.39 is 0 Å². The average molecular weight is 229 g/mol. The molecule has 74 valence electrons. The van der Waals surface area contributed by atoms with Crippen molar-refractivity contribution in [2.75, 3.05) is 5.34 Å². The number of hydrogen-bond acceptors (Lipinski definition) is 1. The van der Waals surface area contributed by atoms with Gasteiger partial charge in [-0.25, -0.2) is 0 Å². The first-order chi connectivity index (χ1) is 6.79. The number of alkyl halides is 2. The predicted molar refractivity (Wildman–Crippen MR) is 62.2 cm³/mol. The SMILES string of the molecule is ClCCl.Oc1cccc2ccccc12. The zero-order chi connectivity index (χ0) is 10.4. The van der Waals surface area contributed by atoms with Crippen molar-refractivity contribution in [1.82, 2.24) is 0 Å². The van der Waals surface area contributed by atoms with Crippen LogP contribution in [0.2, 0.25) is 0 Å². The zero-order valence-corrected chi connectivity index (χ0v) is 8.96. The van der Waals surface area contributed by atoms with Crippen molar-refractivity contribution in [3.8, 4) is 5.75 Å². The van der Waals surface area contributed by atoms with E-state index >= 15 is 0 Å². The summed E-state index contributed by atoms with van der Waals surface area (Å²) in [5.41, 5.74) is 0. The Kier molecular flexibility index (Phi) is 4.57. The van der Waals surface area contributed by atoms with Crippen LogP contribution in [-0.4, -0.2) is 10.4 Å². The van der Waals surface area contributed by atoms with Gasteiger partial charge in [0.2, 0.25) is 0 Å². The summed E-state index contributed by atoms with van der Waals surface area (Å²) in [6.45, 7) is 0. The minimum Gasteiger partial charge on any atom is -0.507 e. The highest BCUT2D eigenvalue weighted by Crippen LogP contribution is 2.22. The van der Waals surface area contributed by atoms with Crippen LogP contribution in [0.3, 0.4) is 0 Å². The first-order valence-electron chi connectivity index (χ1n) is 4.08. The molecule has 0 bridgehead atoms. The highest BCUT2D eigenvalue weighted by molar-refractivity contribution is 6.40. The second-order valence-corrected chi connectivity index (χ2v) is 3.41. The lowest BCUT2D eigenvalue weighted by atomic mass is 10.1. The largest absolute Gasteiger partial charge is 0.507 e. The van der Waals surface area contributed by atoms with E-state index in [1.807, 2.05) is 36.4 Å². The minimum absolute atomic E-state index is 0.194. The van der Waals surface area contributed by atoms with Gasteiger partial charge in [0.05, 0.1) is 5.34 Å². The van der Waals surface area contributed by atoms with Crippen molar-refractivity contribution >= 4 is 34.0 Å². The number of aromatic hydroxyl groups is 1. The van der Waals surface area contributed by atoms with Crippen molar-refractivity contribution in [3.63, 3.8) is 0 Å². The summed E-state index contributed by atoms with van der Waals surface area (Å²) in [6, 6.07) is 13.3. The molecule has 1 nitrogen and oxygen atoms in total. The third kappa shape index (κ3) is 2.79. The first-order valence-corrected chi connectivity index (χ1v) is 5.15. The van der Waals surface area contributed by atoms with Crippen LogP contribution in [0.5, 0.6) is 5.75 Å². The Balaban J connectivity index is 0.000000293. The summed E-state index contributed by atoms with van der Waals surface area (Å²) in [7, 11) is 0. The van der Waals surface area contributed by atoms with Gasteiger partial charge in [-0.2, -0.15) is 0 Å². The molecule has 0 saturated carbocycles. The summed E-state index contributed by atoms with van der Waals surface area (Å²) in [5, 5.41) is 11.6.